The number of urea groups is 1. The van der Waals surface area contributed by atoms with E-state index in [1.54, 1.807) is 0 Å². The average molecular weight is 564 g/mol. The normalized spacial score (nSPS) is 20.1. The quantitative estimate of drug-likeness (QED) is 0.468. The SMILES string of the molecule is CC.CN1CCC(N2CCN(C(=O)OCc3ccccc3)CC2)C1.CN1CCCC1.CNCCC(C)NC(N)=O. The number of likely N-dealkylation sites (tertiary alicyclic amines) is 2. The molecule has 0 bridgehead atoms. The van der Waals surface area contributed by atoms with Crippen LogP contribution in [0.25, 0.3) is 0 Å². The van der Waals surface area contributed by atoms with Gasteiger partial charge in [-0.05, 0) is 85.5 Å². The molecule has 1 aromatic carbocycles. The summed E-state index contributed by atoms with van der Waals surface area (Å²) < 4.78 is 5.41. The van der Waals surface area contributed by atoms with Crippen LogP contribution in [-0.4, -0.2) is 124 Å². The minimum absolute atomic E-state index is 0.157. The van der Waals surface area contributed by atoms with Crippen LogP contribution in [-0.2, 0) is 11.3 Å². The number of ether oxygens (including phenoxy) is 1. The summed E-state index contributed by atoms with van der Waals surface area (Å²) in [4.78, 5) is 31.5. The Morgan fingerprint density at radius 2 is 1.60 bits per heavy atom. The first-order chi connectivity index (χ1) is 19.3. The fourth-order valence-corrected chi connectivity index (χ4v) is 4.84. The smallest absolute Gasteiger partial charge is 0.410 e. The second-order valence-electron chi connectivity index (χ2n) is 10.6. The molecule has 40 heavy (non-hydrogen) atoms. The molecule has 3 amide bonds. The molecule has 10 nitrogen and oxygen atoms in total. The highest BCUT2D eigenvalue weighted by atomic mass is 16.6. The highest BCUT2D eigenvalue weighted by Gasteiger charge is 2.30. The number of likely N-dealkylation sites (N-methyl/N-ethyl adjacent to an activating group) is 1. The minimum atomic E-state index is -0.455. The van der Waals surface area contributed by atoms with Gasteiger partial charge >= 0.3 is 12.1 Å². The standard InChI is InChI=1S/C17H25N3O2.C6H15N3O.C5H11N.C2H6/c1-18-8-7-16(13-18)19-9-11-20(12-10-19)17(21)22-14-15-5-3-2-4-6-15;1-5(3-4-8-2)9-6(7)10;1-6-4-2-3-5-6;1-2/h2-6,16H,7-14H2,1H3;5,8H,3-4H2,1-2H3,(H3,7,9,10);2-5H2,1H3;1-2H3. The number of primary amides is 1. The topological polar surface area (TPSA) is 106 Å². The number of nitrogens with one attached hydrogen (secondary N) is 2. The summed E-state index contributed by atoms with van der Waals surface area (Å²) in [6.45, 7) is 15.6. The van der Waals surface area contributed by atoms with Crippen molar-refractivity contribution in [3.8, 4) is 0 Å². The van der Waals surface area contributed by atoms with Crippen LogP contribution < -0.4 is 16.4 Å². The predicted octanol–water partition coefficient (Wildman–Crippen LogP) is 3.04. The van der Waals surface area contributed by atoms with Crippen molar-refractivity contribution < 1.29 is 14.3 Å². The van der Waals surface area contributed by atoms with Gasteiger partial charge in [0.2, 0.25) is 0 Å². The molecule has 0 saturated carbocycles. The first-order valence-electron chi connectivity index (χ1n) is 15.1. The lowest BCUT2D eigenvalue weighted by Gasteiger charge is -2.37. The number of rotatable bonds is 7. The second kappa shape index (κ2) is 21.4. The fourth-order valence-electron chi connectivity index (χ4n) is 4.84. The third kappa shape index (κ3) is 15.4. The Morgan fingerprint density at radius 3 is 2.08 bits per heavy atom. The van der Waals surface area contributed by atoms with Crippen LogP contribution in [0.1, 0.15) is 52.0 Å². The first-order valence-corrected chi connectivity index (χ1v) is 15.1. The summed E-state index contributed by atoms with van der Waals surface area (Å²) in [6.07, 6.45) is 4.79. The van der Waals surface area contributed by atoms with Crippen molar-refractivity contribution in [1.82, 2.24) is 30.2 Å². The summed E-state index contributed by atoms with van der Waals surface area (Å²) in [5.41, 5.74) is 5.93. The van der Waals surface area contributed by atoms with E-state index in [2.05, 4.69) is 39.4 Å². The zero-order valence-corrected chi connectivity index (χ0v) is 26.0. The Balaban J connectivity index is 0.000000367. The van der Waals surface area contributed by atoms with Gasteiger partial charge in [0, 0.05) is 44.8 Å². The van der Waals surface area contributed by atoms with Crippen molar-refractivity contribution in [1.29, 1.82) is 0 Å². The zero-order chi connectivity index (χ0) is 29.8. The molecular formula is C30H57N7O3. The molecule has 4 rings (SSSR count). The maximum atomic E-state index is 12.1. The monoisotopic (exact) mass is 563 g/mol. The van der Waals surface area contributed by atoms with Crippen molar-refractivity contribution >= 4 is 12.1 Å². The third-order valence-electron chi connectivity index (χ3n) is 7.21. The van der Waals surface area contributed by atoms with E-state index < -0.39 is 6.03 Å². The van der Waals surface area contributed by atoms with Crippen molar-refractivity contribution in [2.75, 3.05) is 80.0 Å². The molecule has 3 fully saturated rings. The molecule has 0 aromatic heterocycles. The van der Waals surface area contributed by atoms with Crippen molar-refractivity contribution in [3.05, 3.63) is 35.9 Å². The van der Waals surface area contributed by atoms with Gasteiger partial charge in [0.25, 0.3) is 0 Å². The number of nitrogens with zero attached hydrogens (tertiary/aromatic N) is 4. The molecule has 0 spiro atoms. The Bertz CT molecular complexity index is 785. The summed E-state index contributed by atoms with van der Waals surface area (Å²) in [7, 11) is 6.22. The van der Waals surface area contributed by atoms with Crippen LogP contribution in [0.3, 0.4) is 0 Å². The largest absolute Gasteiger partial charge is 0.445 e. The van der Waals surface area contributed by atoms with E-state index in [0.29, 0.717) is 12.6 Å². The van der Waals surface area contributed by atoms with Crippen molar-refractivity contribution in [3.63, 3.8) is 0 Å². The lowest BCUT2D eigenvalue weighted by molar-refractivity contribution is 0.0610. The Morgan fingerprint density at radius 1 is 0.975 bits per heavy atom. The summed E-state index contributed by atoms with van der Waals surface area (Å²) in [5, 5.41) is 5.56. The molecule has 230 valence electrons. The highest BCUT2D eigenvalue weighted by molar-refractivity contribution is 5.71. The van der Waals surface area contributed by atoms with E-state index in [4.69, 9.17) is 10.5 Å². The van der Waals surface area contributed by atoms with E-state index in [0.717, 1.165) is 51.3 Å². The molecule has 0 radical (unpaired) electrons. The average Bonchev–Trinajstić information content (AvgIpc) is 3.63. The van der Waals surface area contributed by atoms with Gasteiger partial charge in [-0.1, -0.05) is 44.2 Å². The highest BCUT2D eigenvalue weighted by Crippen LogP contribution is 2.16. The number of benzene rings is 1. The molecule has 4 N–H and O–H groups in total. The number of piperazine rings is 1. The molecule has 10 heteroatoms. The summed E-state index contributed by atoms with van der Waals surface area (Å²) >= 11 is 0. The van der Waals surface area contributed by atoms with Crippen LogP contribution in [0.15, 0.2) is 30.3 Å². The number of amides is 3. The van der Waals surface area contributed by atoms with Gasteiger partial charge in [-0.25, -0.2) is 9.59 Å². The van der Waals surface area contributed by atoms with E-state index in [1.807, 2.05) is 63.1 Å². The number of hydrogen-bond donors (Lipinski definition) is 3. The van der Waals surface area contributed by atoms with Gasteiger partial charge in [-0.3, -0.25) is 4.90 Å². The Kier molecular flexibility index (Phi) is 19.0. The van der Waals surface area contributed by atoms with E-state index >= 15 is 0 Å². The number of hydrogen-bond acceptors (Lipinski definition) is 7. The fraction of sp³-hybridized carbons (Fsp3) is 0.733. The van der Waals surface area contributed by atoms with Gasteiger partial charge in [0.15, 0.2) is 0 Å². The van der Waals surface area contributed by atoms with Crippen LogP contribution in [0.5, 0.6) is 0 Å². The predicted molar refractivity (Wildman–Crippen MR) is 164 cm³/mol. The van der Waals surface area contributed by atoms with Gasteiger partial charge in [0.05, 0.1) is 0 Å². The molecule has 3 aliphatic heterocycles. The maximum Gasteiger partial charge on any atom is 0.410 e. The molecule has 3 saturated heterocycles. The van der Waals surface area contributed by atoms with Gasteiger partial charge in [-0.15, -0.1) is 0 Å². The number of carbonyl (C=O) groups is 2. The van der Waals surface area contributed by atoms with Crippen molar-refractivity contribution in [2.24, 2.45) is 5.73 Å². The van der Waals surface area contributed by atoms with Gasteiger partial charge in [-0.2, -0.15) is 0 Å². The zero-order valence-electron chi connectivity index (χ0n) is 26.0. The van der Waals surface area contributed by atoms with E-state index in [9.17, 15) is 9.59 Å². The van der Waals surface area contributed by atoms with Crippen LogP contribution in [0.4, 0.5) is 9.59 Å². The van der Waals surface area contributed by atoms with E-state index in [-0.39, 0.29) is 12.1 Å². The third-order valence-corrected chi connectivity index (χ3v) is 7.21. The molecule has 3 heterocycles. The van der Waals surface area contributed by atoms with E-state index in [1.165, 1.54) is 38.9 Å². The van der Waals surface area contributed by atoms with Crippen LogP contribution in [0.2, 0.25) is 0 Å². The Hall–Kier alpha value is -2.40. The van der Waals surface area contributed by atoms with Gasteiger partial charge in [0.1, 0.15) is 6.61 Å². The Labute approximate surface area is 243 Å². The molecule has 1 aromatic rings. The lowest BCUT2D eigenvalue weighted by Crippen LogP contribution is -2.52. The van der Waals surface area contributed by atoms with Crippen LogP contribution in [0, 0.1) is 0 Å². The first kappa shape index (κ1) is 35.6. The van der Waals surface area contributed by atoms with Crippen LogP contribution >= 0.6 is 0 Å². The maximum absolute atomic E-state index is 12.1. The number of carbonyl (C=O) groups excluding carboxylic acids is 2. The molecule has 2 unspecified atom stereocenters. The molecule has 2 atom stereocenters. The summed E-state index contributed by atoms with van der Waals surface area (Å²) in [6, 6.07) is 10.2. The van der Waals surface area contributed by atoms with Crippen molar-refractivity contribution in [2.45, 2.75) is 65.1 Å². The number of nitrogens with two attached hydrogens (primary N) is 1. The molecule has 0 aliphatic carbocycles. The minimum Gasteiger partial charge on any atom is -0.445 e. The second-order valence-corrected chi connectivity index (χ2v) is 10.6. The molecular weight excluding hydrogens is 506 g/mol. The van der Waals surface area contributed by atoms with Gasteiger partial charge < -0.3 is 35.8 Å². The molecule has 3 aliphatic rings. The lowest BCUT2D eigenvalue weighted by atomic mass is 10.2. The summed E-state index contributed by atoms with van der Waals surface area (Å²) in [5.74, 6) is 0.